The minimum atomic E-state index is -4.73. The van der Waals surface area contributed by atoms with Gasteiger partial charge in [-0.25, -0.2) is 22.7 Å². The summed E-state index contributed by atoms with van der Waals surface area (Å²) in [6.07, 6.45) is 4.84. The lowest BCUT2D eigenvalue weighted by Crippen LogP contribution is -2.60. The number of hydrogen-bond donors (Lipinski definition) is 5. The average molecular weight is 649 g/mol. The highest BCUT2D eigenvalue weighted by Crippen LogP contribution is 2.55. The summed E-state index contributed by atoms with van der Waals surface area (Å²) in [6.45, 7) is 1.81. The van der Waals surface area contributed by atoms with E-state index in [9.17, 15) is 37.8 Å². The predicted molar refractivity (Wildman–Crippen MR) is 158 cm³/mol. The number of carbonyl (C=O) groups excluding carboxylic acids is 1. The van der Waals surface area contributed by atoms with Gasteiger partial charge in [0.05, 0.1) is 11.3 Å². The number of aromatic amines is 1. The normalized spacial score (nSPS) is 24.1. The Morgan fingerprint density at radius 2 is 1.84 bits per heavy atom. The number of amides is 1. The van der Waals surface area contributed by atoms with Gasteiger partial charge in [-0.1, -0.05) is 23.7 Å². The zero-order valence-corrected chi connectivity index (χ0v) is 25.0. The maximum atomic E-state index is 14.4. The zero-order valence-electron chi connectivity index (χ0n) is 23.3. The number of nitrogens with zero attached hydrogens (tertiary/aromatic N) is 2. The molecule has 3 fully saturated rings. The van der Waals surface area contributed by atoms with Crippen LogP contribution in [-0.4, -0.2) is 47.7 Å². The lowest BCUT2D eigenvalue weighted by molar-refractivity contribution is -0.130. The minimum absolute atomic E-state index is 0.0369. The molecule has 0 saturated heterocycles. The molecule has 2 bridgehead atoms. The first-order valence-electron chi connectivity index (χ1n) is 13.8. The number of phosphoric ester groups is 1. The molecule has 3 aliphatic carbocycles. The van der Waals surface area contributed by atoms with Crippen molar-refractivity contribution in [3.8, 4) is 5.88 Å². The van der Waals surface area contributed by atoms with E-state index in [0.29, 0.717) is 41.1 Å². The highest BCUT2D eigenvalue weighted by atomic mass is 35.5. The molecule has 44 heavy (non-hydrogen) atoms. The SMILES string of the molecule is Cc1c(Cl)ccc2c1N=CC2=Cc1[nH]c(=O)n(C(C(=O)NC23CCC(OP(=O)(O)O)(CC2)CC3)c2ccc(F)c(F)c2)c1O. The standard InChI is InChI=1S/C29H28ClF2N4O7P/c1-15-19(30)4-3-18-17(14-33-23(15)18)13-22-26(38)36(27(39)34-22)24(16-2-5-20(31)21(32)12-16)25(37)35-28-6-9-29(10-7-28,11-8-28)43-44(40,41)42/h2-5,12-14,24,38H,6-11H2,1H3,(H,34,39)(H,35,37)(H2,40,41,42). The van der Waals surface area contributed by atoms with Crippen LogP contribution in [0.15, 0.2) is 40.1 Å². The summed E-state index contributed by atoms with van der Waals surface area (Å²) in [5, 5.41) is 14.8. The number of aromatic hydroxyl groups is 1. The second kappa shape index (κ2) is 10.8. The van der Waals surface area contributed by atoms with E-state index in [2.05, 4.69) is 15.3 Å². The van der Waals surface area contributed by atoms with Crippen molar-refractivity contribution in [2.75, 3.05) is 0 Å². The van der Waals surface area contributed by atoms with Crippen molar-refractivity contribution in [1.82, 2.24) is 14.9 Å². The van der Waals surface area contributed by atoms with E-state index >= 15 is 0 Å². The molecule has 1 unspecified atom stereocenters. The Morgan fingerprint density at radius 1 is 1.16 bits per heavy atom. The number of aromatic nitrogens is 2. The highest BCUT2D eigenvalue weighted by Gasteiger charge is 2.53. The molecular formula is C29H28ClF2N4O7P. The average Bonchev–Trinajstić information content (AvgIpc) is 3.49. The third kappa shape index (κ3) is 5.43. The summed E-state index contributed by atoms with van der Waals surface area (Å²) >= 11 is 6.21. The van der Waals surface area contributed by atoms with Crippen LogP contribution >= 0.6 is 19.4 Å². The maximum absolute atomic E-state index is 14.4. The summed E-state index contributed by atoms with van der Waals surface area (Å²) in [7, 11) is -4.73. The summed E-state index contributed by atoms with van der Waals surface area (Å²) in [6, 6.07) is 4.63. The van der Waals surface area contributed by atoms with Crippen molar-refractivity contribution in [2.45, 2.75) is 62.6 Å². The van der Waals surface area contributed by atoms with E-state index in [1.54, 1.807) is 18.3 Å². The topological polar surface area (TPSA) is 166 Å². The van der Waals surface area contributed by atoms with Gasteiger partial charge in [0.15, 0.2) is 11.6 Å². The molecule has 4 aliphatic rings. The quantitative estimate of drug-likeness (QED) is 0.224. The Labute approximate surface area is 254 Å². The largest absolute Gasteiger partial charge is 0.493 e. The summed E-state index contributed by atoms with van der Waals surface area (Å²) < 4.78 is 45.7. The van der Waals surface area contributed by atoms with Crippen LogP contribution in [0.25, 0.3) is 11.6 Å². The van der Waals surface area contributed by atoms with Crippen molar-refractivity contribution in [2.24, 2.45) is 4.99 Å². The van der Waals surface area contributed by atoms with E-state index in [1.807, 2.05) is 6.92 Å². The number of rotatable bonds is 7. The number of halogens is 3. The number of H-pyrrole nitrogens is 1. The molecule has 2 heterocycles. The van der Waals surface area contributed by atoms with E-state index in [-0.39, 0.29) is 30.5 Å². The number of carbonyl (C=O) groups is 1. The van der Waals surface area contributed by atoms with Crippen LogP contribution in [-0.2, 0) is 13.9 Å². The van der Waals surface area contributed by atoms with Crippen molar-refractivity contribution < 1.29 is 37.6 Å². The molecule has 11 nitrogen and oxygen atoms in total. The van der Waals surface area contributed by atoms with Crippen LogP contribution in [0.2, 0.25) is 5.02 Å². The molecule has 7 rings (SSSR count). The lowest BCUT2D eigenvalue weighted by Gasteiger charge is -2.53. The van der Waals surface area contributed by atoms with Gasteiger partial charge in [0.1, 0.15) is 11.7 Å². The van der Waals surface area contributed by atoms with Gasteiger partial charge in [-0.15, -0.1) is 0 Å². The first-order chi connectivity index (χ1) is 20.7. The van der Waals surface area contributed by atoms with Gasteiger partial charge >= 0.3 is 13.5 Å². The molecule has 3 saturated carbocycles. The van der Waals surface area contributed by atoms with Crippen LogP contribution in [0.1, 0.15) is 67.0 Å². The fourth-order valence-electron chi connectivity index (χ4n) is 6.50. The van der Waals surface area contributed by atoms with Crippen molar-refractivity contribution in [3.05, 3.63) is 79.9 Å². The zero-order chi connectivity index (χ0) is 31.6. The van der Waals surface area contributed by atoms with E-state index in [4.69, 9.17) is 16.1 Å². The number of allylic oxidation sites excluding steroid dienone is 1. The van der Waals surface area contributed by atoms with Gasteiger partial charge in [0, 0.05) is 27.9 Å². The predicted octanol–water partition coefficient (Wildman–Crippen LogP) is 5.04. The molecule has 232 valence electrons. The number of imidazole rings is 1. The van der Waals surface area contributed by atoms with Gasteiger partial charge in [-0.2, -0.15) is 0 Å². The lowest BCUT2D eigenvalue weighted by atomic mass is 9.63. The number of aliphatic imine (C=N–C) groups is 1. The Kier molecular flexibility index (Phi) is 7.45. The summed E-state index contributed by atoms with van der Waals surface area (Å²) in [5.74, 6) is -3.77. The van der Waals surface area contributed by atoms with Crippen molar-refractivity contribution in [1.29, 1.82) is 0 Å². The Balaban J connectivity index is 1.35. The second-order valence-electron chi connectivity index (χ2n) is 11.6. The smallest absolute Gasteiger partial charge is 0.470 e. The third-order valence-electron chi connectivity index (χ3n) is 8.88. The highest BCUT2D eigenvalue weighted by molar-refractivity contribution is 7.46. The summed E-state index contributed by atoms with van der Waals surface area (Å²) in [4.78, 5) is 52.9. The monoisotopic (exact) mass is 648 g/mol. The van der Waals surface area contributed by atoms with E-state index < -0.39 is 54.1 Å². The van der Waals surface area contributed by atoms with Crippen LogP contribution < -0.4 is 11.0 Å². The van der Waals surface area contributed by atoms with E-state index in [0.717, 1.165) is 28.3 Å². The number of benzene rings is 2. The molecule has 1 aliphatic heterocycles. The van der Waals surface area contributed by atoms with Gasteiger partial charge in [0.2, 0.25) is 11.8 Å². The molecule has 2 aromatic carbocycles. The molecule has 1 aromatic heterocycles. The molecule has 15 heteroatoms. The number of nitrogens with one attached hydrogen (secondary N) is 2. The van der Waals surface area contributed by atoms with Crippen LogP contribution in [0.5, 0.6) is 5.88 Å². The van der Waals surface area contributed by atoms with Crippen LogP contribution in [0, 0.1) is 18.6 Å². The van der Waals surface area contributed by atoms with Crippen LogP contribution in [0.3, 0.4) is 0 Å². The Hall–Kier alpha value is -3.61. The molecule has 1 amide bonds. The minimum Gasteiger partial charge on any atom is -0.493 e. The first-order valence-corrected chi connectivity index (χ1v) is 15.7. The van der Waals surface area contributed by atoms with E-state index in [1.165, 1.54) is 6.08 Å². The summed E-state index contributed by atoms with van der Waals surface area (Å²) in [5.41, 5.74) is -0.137. The number of hydrogen-bond acceptors (Lipinski definition) is 6. The van der Waals surface area contributed by atoms with Crippen molar-refractivity contribution in [3.63, 3.8) is 0 Å². The fraction of sp³-hybridized carbons (Fsp3) is 0.345. The van der Waals surface area contributed by atoms with Gasteiger partial charge in [-0.05, 0) is 80.9 Å². The van der Waals surface area contributed by atoms with Gasteiger partial charge in [-0.3, -0.25) is 14.3 Å². The molecule has 0 radical (unpaired) electrons. The first kappa shape index (κ1) is 30.4. The Morgan fingerprint density at radius 3 is 2.48 bits per heavy atom. The second-order valence-corrected chi connectivity index (χ2v) is 13.1. The third-order valence-corrected chi connectivity index (χ3v) is 9.92. The van der Waals surface area contributed by atoms with Gasteiger partial charge in [0.25, 0.3) is 0 Å². The molecule has 1 atom stereocenters. The number of fused-ring (bicyclic) bond motifs is 4. The maximum Gasteiger partial charge on any atom is 0.470 e. The molecule has 5 N–H and O–H groups in total. The Bertz CT molecular complexity index is 1840. The van der Waals surface area contributed by atoms with Crippen molar-refractivity contribution >= 4 is 48.9 Å². The number of phosphoric acid groups is 1. The fourth-order valence-corrected chi connectivity index (χ4v) is 7.44. The molecular weight excluding hydrogens is 621 g/mol. The molecule has 3 aromatic rings. The van der Waals surface area contributed by atoms with Gasteiger partial charge < -0.3 is 25.2 Å². The molecule has 0 spiro atoms. The van der Waals surface area contributed by atoms with Crippen LogP contribution in [0.4, 0.5) is 14.5 Å².